The molecule has 0 N–H and O–H groups in total. The van der Waals surface area contributed by atoms with Gasteiger partial charge in [-0.2, -0.15) is 9.36 Å². The van der Waals surface area contributed by atoms with Crippen LogP contribution in [0.5, 0.6) is 5.75 Å². The molecular formula is C22H21N5O3. The molecule has 1 heterocycles. The van der Waals surface area contributed by atoms with Gasteiger partial charge < -0.3 is 9.57 Å². The van der Waals surface area contributed by atoms with E-state index >= 15 is 0 Å². The molecule has 0 bridgehead atoms. The Labute approximate surface area is 172 Å². The molecule has 0 saturated heterocycles. The van der Waals surface area contributed by atoms with Crippen molar-refractivity contribution < 1.29 is 9.57 Å². The first kappa shape index (κ1) is 19.4. The lowest BCUT2D eigenvalue weighted by atomic mass is 10.1. The van der Waals surface area contributed by atoms with Gasteiger partial charge in [-0.15, -0.1) is 0 Å². The molecular weight excluding hydrogens is 382 g/mol. The van der Waals surface area contributed by atoms with Crippen molar-refractivity contribution in [2.24, 2.45) is 12.2 Å². The topological polar surface area (TPSA) is 83.5 Å². The van der Waals surface area contributed by atoms with E-state index in [1.54, 1.807) is 38.6 Å². The Balaban J connectivity index is 1.47. The van der Waals surface area contributed by atoms with Crippen LogP contribution >= 0.6 is 0 Å². The van der Waals surface area contributed by atoms with Gasteiger partial charge in [-0.1, -0.05) is 53.7 Å². The van der Waals surface area contributed by atoms with Gasteiger partial charge in [-0.3, -0.25) is 0 Å². The van der Waals surface area contributed by atoms with E-state index in [1.165, 1.54) is 15.5 Å². The molecule has 1 aromatic heterocycles. The Bertz CT molecular complexity index is 1260. The number of rotatable bonds is 7. The van der Waals surface area contributed by atoms with Crippen LogP contribution in [-0.2, 0) is 24.9 Å². The molecule has 0 radical (unpaired) electrons. The first-order chi connectivity index (χ1) is 14.7. The standard InChI is InChI=1S/C22H21N5O3/c1-26-22(28)27(25-24-26)20-8-5-9-21(29-2)19(20)15-30-23-13-12-16-10-11-17-6-3-4-7-18(17)14-16/h3-11,13-14H,12,15H2,1-2H3. The van der Waals surface area contributed by atoms with Crippen LogP contribution in [0.15, 0.2) is 70.6 Å². The maximum atomic E-state index is 12.2. The van der Waals surface area contributed by atoms with Crippen molar-refractivity contribution in [3.63, 3.8) is 0 Å². The Morgan fingerprint density at radius 3 is 2.63 bits per heavy atom. The molecule has 8 heteroatoms. The SMILES string of the molecule is COc1cccc(-n2nnn(C)c2=O)c1CON=CCc1ccc2ccccc2c1. The molecule has 0 fully saturated rings. The lowest BCUT2D eigenvalue weighted by Gasteiger charge is -2.11. The van der Waals surface area contributed by atoms with Gasteiger partial charge in [0.2, 0.25) is 0 Å². The van der Waals surface area contributed by atoms with Crippen molar-refractivity contribution in [1.82, 2.24) is 19.8 Å². The quantitative estimate of drug-likeness (QED) is 0.350. The summed E-state index contributed by atoms with van der Waals surface area (Å²) >= 11 is 0. The summed E-state index contributed by atoms with van der Waals surface area (Å²) in [5.74, 6) is 0.579. The second-order valence-corrected chi connectivity index (χ2v) is 6.70. The third-order valence-electron chi connectivity index (χ3n) is 4.78. The molecule has 4 rings (SSSR count). The van der Waals surface area contributed by atoms with E-state index in [1.807, 2.05) is 12.1 Å². The van der Waals surface area contributed by atoms with Gasteiger partial charge in [0.05, 0.1) is 18.4 Å². The minimum atomic E-state index is -0.357. The van der Waals surface area contributed by atoms with E-state index < -0.39 is 0 Å². The number of hydrogen-bond acceptors (Lipinski definition) is 6. The van der Waals surface area contributed by atoms with Crippen molar-refractivity contribution in [3.05, 3.63) is 82.3 Å². The van der Waals surface area contributed by atoms with Gasteiger partial charge in [0, 0.05) is 19.7 Å². The van der Waals surface area contributed by atoms with Gasteiger partial charge in [-0.05, 0) is 38.9 Å². The van der Waals surface area contributed by atoms with Gasteiger partial charge >= 0.3 is 5.69 Å². The fourth-order valence-electron chi connectivity index (χ4n) is 3.22. The van der Waals surface area contributed by atoms with Crippen LogP contribution < -0.4 is 10.4 Å². The highest BCUT2D eigenvalue weighted by atomic mass is 16.6. The van der Waals surface area contributed by atoms with Gasteiger partial charge in [0.25, 0.3) is 0 Å². The van der Waals surface area contributed by atoms with Gasteiger partial charge in [-0.25, -0.2) is 4.79 Å². The summed E-state index contributed by atoms with van der Waals surface area (Å²) in [6.45, 7) is 0.122. The Morgan fingerprint density at radius 2 is 1.87 bits per heavy atom. The Morgan fingerprint density at radius 1 is 1.03 bits per heavy atom. The molecule has 0 saturated carbocycles. The predicted molar refractivity (Wildman–Crippen MR) is 114 cm³/mol. The van der Waals surface area contributed by atoms with Crippen LogP contribution in [-0.4, -0.2) is 33.1 Å². The number of aromatic nitrogens is 4. The minimum absolute atomic E-state index is 0.122. The van der Waals surface area contributed by atoms with Crippen LogP contribution in [0.25, 0.3) is 16.5 Å². The highest BCUT2D eigenvalue weighted by Gasteiger charge is 2.15. The molecule has 0 amide bonds. The molecule has 0 aliphatic carbocycles. The number of nitrogens with zero attached hydrogens (tertiary/aromatic N) is 5. The lowest BCUT2D eigenvalue weighted by Crippen LogP contribution is -2.23. The van der Waals surface area contributed by atoms with Crippen LogP contribution in [0.2, 0.25) is 0 Å². The van der Waals surface area contributed by atoms with Crippen molar-refractivity contribution >= 4 is 17.0 Å². The van der Waals surface area contributed by atoms with Crippen molar-refractivity contribution in [2.45, 2.75) is 13.0 Å². The maximum Gasteiger partial charge on any atom is 0.368 e. The molecule has 3 aromatic carbocycles. The number of tetrazole rings is 1. The number of aryl methyl sites for hydroxylation is 1. The number of benzene rings is 3. The van der Waals surface area contributed by atoms with Crippen LogP contribution in [0.1, 0.15) is 11.1 Å². The highest BCUT2D eigenvalue weighted by molar-refractivity contribution is 5.83. The monoisotopic (exact) mass is 403 g/mol. The van der Waals surface area contributed by atoms with Crippen molar-refractivity contribution in [3.8, 4) is 11.4 Å². The zero-order chi connectivity index (χ0) is 20.9. The zero-order valence-corrected chi connectivity index (χ0v) is 16.7. The summed E-state index contributed by atoms with van der Waals surface area (Å²) in [4.78, 5) is 17.7. The van der Waals surface area contributed by atoms with Crippen LogP contribution in [0.3, 0.4) is 0 Å². The van der Waals surface area contributed by atoms with Crippen molar-refractivity contribution in [1.29, 1.82) is 0 Å². The third kappa shape index (κ3) is 3.93. The van der Waals surface area contributed by atoms with Crippen LogP contribution in [0.4, 0.5) is 0 Å². The number of hydrogen-bond donors (Lipinski definition) is 0. The summed E-state index contributed by atoms with van der Waals surface area (Å²) in [5, 5.41) is 14.1. The largest absolute Gasteiger partial charge is 0.496 e. The second kappa shape index (κ2) is 8.60. The third-order valence-corrected chi connectivity index (χ3v) is 4.78. The first-order valence-corrected chi connectivity index (χ1v) is 9.44. The van der Waals surface area contributed by atoms with Crippen LogP contribution in [0, 0.1) is 0 Å². The molecule has 30 heavy (non-hydrogen) atoms. The van der Waals surface area contributed by atoms with Gasteiger partial charge in [0.15, 0.2) is 0 Å². The average molecular weight is 403 g/mol. The van der Waals surface area contributed by atoms with E-state index in [0.717, 1.165) is 10.2 Å². The van der Waals surface area contributed by atoms with E-state index in [-0.39, 0.29) is 12.3 Å². The molecule has 4 aromatic rings. The number of oxime groups is 1. The summed E-state index contributed by atoms with van der Waals surface area (Å²) in [5.41, 5.74) is 1.98. The second-order valence-electron chi connectivity index (χ2n) is 6.70. The number of methoxy groups -OCH3 is 1. The molecule has 0 spiro atoms. The molecule has 0 aliphatic heterocycles. The summed E-state index contributed by atoms with van der Waals surface area (Å²) in [6, 6.07) is 19.9. The molecule has 152 valence electrons. The summed E-state index contributed by atoms with van der Waals surface area (Å²) < 4.78 is 7.79. The zero-order valence-electron chi connectivity index (χ0n) is 16.7. The van der Waals surface area contributed by atoms with Gasteiger partial charge in [0.1, 0.15) is 12.4 Å². The number of fused-ring (bicyclic) bond motifs is 1. The van der Waals surface area contributed by atoms with E-state index in [2.05, 4.69) is 45.9 Å². The fourth-order valence-corrected chi connectivity index (χ4v) is 3.22. The van der Waals surface area contributed by atoms with E-state index in [4.69, 9.17) is 9.57 Å². The molecule has 0 atom stereocenters. The maximum absolute atomic E-state index is 12.2. The Kier molecular flexibility index (Phi) is 5.56. The van der Waals surface area contributed by atoms with E-state index in [9.17, 15) is 4.79 Å². The van der Waals surface area contributed by atoms with E-state index in [0.29, 0.717) is 23.4 Å². The Hall–Kier alpha value is -3.94. The molecule has 0 unspecified atom stereocenters. The predicted octanol–water partition coefficient (Wildman–Crippen LogP) is 2.87. The fraction of sp³-hybridized carbons (Fsp3) is 0.182. The number of ether oxygens (including phenoxy) is 1. The highest BCUT2D eigenvalue weighted by Crippen LogP contribution is 2.25. The summed E-state index contributed by atoms with van der Waals surface area (Å²) in [6.07, 6.45) is 2.36. The first-order valence-electron chi connectivity index (χ1n) is 9.44. The smallest absolute Gasteiger partial charge is 0.368 e. The minimum Gasteiger partial charge on any atom is -0.496 e. The summed E-state index contributed by atoms with van der Waals surface area (Å²) in [7, 11) is 3.10. The lowest BCUT2D eigenvalue weighted by molar-refractivity contribution is 0.129. The van der Waals surface area contributed by atoms with Crippen molar-refractivity contribution in [2.75, 3.05) is 7.11 Å². The molecule has 8 nitrogen and oxygen atoms in total. The normalized spacial score (nSPS) is 11.3. The average Bonchev–Trinajstić information content (AvgIpc) is 3.11. The molecule has 0 aliphatic rings.